The van der Waals surface area contributed by atoms with Gasteiger partial charge in [0.05, 0.1) is 17.9 Å². The molecule has 148 valence electrons. The summed E-state index contributed by atoms with van der Waals surface area (Å²) < 4.78 is 0. The number of hydrogen-bond donors (Lipinski definition) is 2. The second kappa shape index (κ2) is 7.44. The van der Waals surface area contributed by atoms with Crippen molar-refractivity contribution in [1.82, 2.24) is 20.1 Å². The number of aromatic nitrogens is 3. The lowest BCUT2D eigenvalue weighted by atomic mass is 9.85. The number of benzene rings is 1. The third kappa shape index (κ3) is 3.55. The summed E-state index contributed by atoms with van der Waals surface area (Å²) in [6.45, 7) is 1.11. The SMILES string of the molecule is O=C(Nc1nc2c(s1)CN(C(=O)c1cc(-c3ccccc3)n[nH]1)CC2)C1CCC1. The Balaban J connectivity index is 1.27. The lowest BCUT2D eigenvalue weighted by molar-refractivity contribution is -0.122. The standard InChI is InChI=1S/C21H21N5O2S/c27-19(14-7-4-8-14)23-21-22-15-9-10-26(12-18(15)29-21)20(28)17-11-16(24-25-17)13-5-2-1-3-6-13/h1-3,5-6,11,14H,4,7-10,12H2,(H,24,25)(H,22,23,27). The minimum Gasteiger partial charge on any atom is -0.332 e. The lowest BCUT2D eigenvalue weighted by Crippen LogP contribution is -2.35. The highest BCUT2D eigenvalue weighted by Crippen LogP contribution is 2.32. The van der Waals surface area contributed by atoms with Gasteiger partial charge in [0.2, 0.25) is 5.91 Å². The van der Waals surface area contributed by atoms with Crippen molar-refractivity contribution < 1.29 is 9.59 Å². The van der Waals surface area contributed by atoms with Crippen molar-refractivity contribution >= 4 is 28.3 Å². The van der Waals surface area contributed by atoms with Gasteiger partial charge in [-0.15, -0.1) is 0 Å². The average molecular weight is 407 g/mol. The number of H-pyrrole nitrogens is 1. The molecule has 0 saturated heterocycles. The van der Waals surface area contributed by atoms with Crippen LogP contribution in [0.15, 0.2) is 36.4 Å². The Morgan fingerprint density at radius 3 is 2.79 bits per heavy atom. The topological polar surface area (TPSA) is 91.0 Å². The van der Waals surface area contributed by atoms with E-state index in [1.807, 2.05) is 30.3 Å². The van der Waals surface area contributed by atoms with E-state index in [1.165, 1.54) is 11.3 Å². The van der Waals surface area contributed by atoms with Crippen LogP contribution in [0.4, 0.5) is 5.13 Å². The summed E-state index contributed by atoms with van der Waals surface area (Å²) >= 11 is 1.47. The van der Waals surface area contributed by atoms with E-state index < -0.39 is 0 Å². The first kappa shape index (κ1) is 18.1. The van der Waals surface area contributed by atoms with Crippen LogP contribution in [0.25, 0.3) is 11.3 Å². The highest BCUT2D eigenvalue weighted by molar-refractivity contribution is 7.15. The number of amides is 2. The van der Waals surface area contributed by atoms with Gasteiger partial charge < -0.3 is 10.2 Å². The summed E-state index contributed by atoms with van der Waals surface area (Å²) in [5.74, 6) is 0.133. The van der Waals surface area contributed by atoms with Crippen LogP contribution < -0.4 is 5.32 Å². The third-order valence-corrected chi connectivity index (χ3v) is 6.60. The summed E-state index contributed by atoms with van der Waals surface area (Å²) in [7, 11) is 0. The van der Waals surface area contributed by atoms with Crippen LogP contribution in [0.2, 0.25) is 0 Å². The monoisotopic (exact) mass is 407 g/mol. The molecular weight excluding hydrogens is 386 g/mol. The zero-order chi connectivity index (χ0) is 19.8. The number of carbonyl (C=O) groups excluding carboxylic acids is 2. The molecule has 0 radical (unpaired) electrons. The molecule has 2 amide bonds. The van der Waals surface area contributed by atoms with Gasteiger partial charge in [-0.3, -0.25) is 14.7 Å². The maximum atomic E-state index is 12.9. The van der Waals surface area contributed by atoms with Gasteiger partial charge >= 0.3 is 0 Å². The molecule has 1 saturated carbocycles. The molecule has 2 N–H and O–H groups in total. The summed E-state index contributed by atoms with van der Waals surface area (Å²) in [5.41, 5.74) is 3.19. The average Bonchev–Trinajstić information content (AvgIpc) is 3.33. The molecule has 8 heteroatoms. The van der Waals surface area contributed by atoms with E-state index in [4.69, 9.17) is 0 Å². The molecule has 1 aliphatic carbocycles. The van der Waals surface area contributed by atoms with Gasteiger partial charge in [0.25, 0.3) is 5.91 Å². The molecule has 29 heavy (non-hydrogen) atoms. The Labute approximate surface area is 172 Å². The lowest BCUT2D eigenvalue weighted by Gasteiger charge is -2.25. The largest absolute Gasteiger partial charge is 0.332 e. The number of nitrogens with zero attached hydrogens (tertiary/aromatic N) is 3. The molecule has 0 spiro atoms. The number of carbonyl (C=O) groups is 2. The van der Waals surface area contributed by atoms with E-state index in [9.17, 15) is 9.59 Å². The molecule has 1 aromatic carbocycles. The van der Waals surface area contributed by atoms with Crippen molar-refractivity contribution in [3.05, 3.63) is 52.7 Å². The number of thiazole rings is 1. The van der Waals surface area contributed by atoms with Crippen molar-refractivity contribution in [2.24, 2.45) is 5.92 Å². The number of rotatable bonds is 4. The van der Waals surface area contributed by atoms with Crippen LogP contribution in [0.5, 0.6) is 0 Å². The minimum absolute atomic E-state index is 0.0705. The molecular formula is C21H21N5O2S. The first-order valence-electron chi connectivity index (χ1n) is 9.87. The summed E-state index contributed by atoms with van der Waals surface area (Å²) in [4.78, 5) is 32.5. The number of nitrogens with one attached hydrogen (secondary N) is 2. The third-order valence-electron chi connectivity index (χ3n) is 5.60. The molecule has 0 atom stereocenters. The van der Waals surface area contributed by atoms with Gasteiger partial charge in [-0.25, -0.2) is 4.98 Å². The Kier molecular flexibility index (Phi) is 4.63. The Morgan fingerprint density at radius 1 is 1.21 bits per heavy atom. The minimum atomic E-state index is -0.0706. The molecule has 1 fully saturated rings. The van der Waals surface area contributed by atoms with Crippen molar-refractivity contribution in [3.8, 4) is 11.3 Å². The zero-order valence-corrected chi connectivity index (χ0v) is 16.7. The molecule has 3 heterocycles. The van der Waals surface area contributed by atoms with Crippen molar-refractivity contribution in [2.45, 2.75) is 32.2 Å². The van der Waals surface area contributed by atoms with Gasteiger partial charge in [0.1, 0.15) is 5.69 Å². The van der Waals surface area contributed by atoms with E-state index in [1.54, 1.807) is 11.0 Å². The van der Waals surface area contributed by atoms with E-state index in [-0.39, 0.29) is 17.7 Å². The van der Waals surface area contributed by atoms with Crippen LogP contribution in [0.3, 0.4) is 0 Å². The first-order chi connectivity index (χ1) is 14.2. The quantitative estimate of drug-likeness (QED) is 0.693. The highest BCUT2D eigenvalue weighted by Gasteiger charge is 2.29. The number of anilines is 1. The molecule has 7 nitrogen and oxygen atoms in total. The van der Waals surface area contributed by atoms with Gasteiger partial charge in [-0.2, -0.15) is 5.10 Å². The fraction of sp³-hybridized carbons (Fsp3) is 0.333. The van der Waals surface area contributed by atoms with Crippen molar-refractivity contribution in [2.75, 3.05) is 11.9 Å². The van der Waals surface area contributed by atoms with Gasteiger partial charge in [0, 0.05) is 29.3 Å². The molecule has 2 aromatic heterocycles. The van der Waals surface area contributed by atoms with Gasteiger partial charge in [-0.1, -0.05) is 48.1 Å². The second-order valence-electron chi connectivity index (χ2n) is 7.52. The van der Waals surface area contributed by atoms with Crippen LogP contribution >= 0.6 is 11.3 Å². The summed E-state index contributed by atoms with van der Waals surface area (Å²) in [6.07, 6.45) is 3.75. The van der Waals surface area contributed by atoms with Crippen LogP contribution in [0.1, 0.15) is 40.3 Å². The number of aromatic amines is 1. The van der Waals surface area contributed by atoms with E-state index >= 15 is 0 Å². The van der Waals surface area contributed by atoms with Gasteiger partial charge in [0.15, 0.2) is 5.13 Å². The smallest absolute Gasteiger partial charge is 0.272 e. The maximum absolute atomic E-state index is 12.9. The van der Waals surface area contributed by atoms with Crippen LogP contribution in [-0.4, -0.2) is 38.4 Å². The fourth-order valence-electron chi connectivity index (χ4n) is 3.66. The summed E-state index contributed by atoms with van der Waals surface area (Å²) in [6, 6.07) is 11.6. The first-order valence-corrected chi connectivity index (χ1v) is 10.7. The van der Waals surface area contributed by atoms with E-state index in [0.29, 0.717) is 30.3 Å². The number of hydrogen-bond acceptors (Lipinski definition) is 5. The maximum Gasteiger partial charge on any atom is 0.272 e. The highest BCUT2D eigenvalue weighted by atomic mass is 32.1. The number of fused-ring (bicyclic) bond motifs is 1. The van der Waals surface area contributed by atoms with Crippen molar-refractivity contribution in [3.63, 3.8) is 0 Å². The molecule has 0 bridgehead atoms. The predicted molar refractivity (Wildman–Crippen MR) is 111 cm³/mol. The van der Waals surface area contributed by atoms with E-state index in [0.717, 1.165) is 41.1 Å². The molecule has 5 rings (SSSR count). The normalized spacial score (nSPS) is 16.2. The van der Waals surface area contributed by atoms with Gasteiger partial charge in [-0.05, 0) is 18.9 Å². The predicted octanol–water partition coefficient (Wildman–Crippen LogP) is 3.47. The van der Waals surface area contributed by atoms with Crippen LogP contribution in [-0.2, 0) is 17.8 Å². The molecule has 0 unspecified atom stereocenters. The van der Waals surface area contributed by atoms with E-state index in [2.05, 4.69) is 20.5 Å². The fourth-order valence-corrected chi connectivity index (χ4v) is 4.69. The molecule has 1 aliphatic heterocycles. The van der Waals surface area contributed by atoms with Crippen LogP contribution in [0, 0.1) is 5.92 Å². The van der Waals surface area contributed by atoms with Crippen molar-refractivity contribution in [1.29, 1.82) is 0 Å². The molecule has 3 aromatic rings. The second-order valence-corrected chi connectivity index (χ2v) is 8.60. The zero-order valence-electron chi connectivity index (χ0n) is 15.9. The summed E-state index contributed by atoms with van der Waals surface area (Å²) in [5, 5.41) is 10.7. The Bertz CT molecular complexity index is 1050. The Hall–Kier alpha value is -3.00. The Morgan fingerprint density at radius 2 is 2.03 bits per heavy atom. The molecule has 2 aliphatic rings.